The maximum absolute atomic E-state index is 11.1. The van der Waals surface area contributed by atoms with Gasteiger partial charge in [-0.1, -0.05) is 0 Å². The fraction of sp³-hybridized carbons (Fsp3) is 0.200. The zero-order valence-electron chi connectivity index (χ0n) is 15.0. The molecule has 0 atom stereocenters. The highest BCUT2D eigenvalue weighted by molar-refractivity contribution is 6.07. The highest BCUT2D eigenvalue weighted by Crippen LogP contribution is 2.30. The predicted molar refractivity (Wildman–Crippen MR) is 106 cm³/mol. The molecule has 0 spiro atoms. The van der Waals surface area contributed by atoms with Crippen LogP contribution in [0.1, 0.15) is 0 Å². The van der Waals surface area contributed by atoms with E-state index in [-0.39, 0.29) is 0 Å². The van der Waals surface area contributed by atoms with Gasteiger partial charge in [-0.3, -0.25) is 9.97 Å². The molecule has 4 aromatic rings. The normalized spacial score (nSPS) is 14.7. The van der Waals surface area contributed by atoms with Gasteiger partial charge in [-0.05, 0) is 24.3 Å². The number of anilines is 1. The summed E-state index contributed by atoms with van der Waals surface area (Å²) in [6.45, 7) is 2.31. The standard InChI is InChI=1S/C20H18N6O2/c27-20(28)26-6-4-25(5-7-26)14-8-16-15-9-17(13-2-1-3-21-10-13)22-12-18(15)24-19(16)23-11-14/h1-3,8-12H,4-7H2,(H,23,24)(H,27,28). The zero-order chi connectivity index (χ0) is 19.1. The van der Waals surface area contributed by atoms with Crippen LogP contribution < -0.4 is 4.90 Å². The molecule has 1 amide bonds. The van der Waals surface area contributed by atoms with Gasteiger partial charge in [0.15, 0.2) is 0 Å². The average Bonchev–Trinajstić information content (AvgIpc) is 3.11. The third-order valence-electron chi connectivity index (χ3n) is 5.19. The molecule has 1 aliphatic heterocycles. The fourth-order valence-corrected chi connectivity index (χ4v) is 3.67. The summed E-state index contributed by atoms with van der Waals surface area (Å²) >= 11 is 0. The molecule has 0 aromatic carbocycles. The van der Waals surface area contributed by atoms with Crippen molar-refractivity contribution >= 4 is 33.7 Å². The summed E-state index contributed by atoms with van der Waals surface area (Å²) in [7, 11) is 0. The van der Waals surface area contributed by atoms with Crippen molar-refractivity contribution in [2.45, 2.75) is 0 Å². The van der Waals surface area contributed by atoms with Gasteiger partial charge in [-0.2, -0.15) is 0 Å². The van der Waals surface area contributed by atoms with Crippen molar-refractivity contribution in [3.63, 3.8) is 0 Å². The van der Waals surface area contributed by atoms with Crippen LogP contribution in [0.2, 0.25) is 0 Å². The van der Waals surface area contributed by atoms with Crippen molar-refractivity contribution < 1.29 is 9.90 Å². The van der Waals surface area contributed by atoms with Crippen molar-refractivity contribution in [3.05, 3.63) is 49.1 Å². The number of aromatic nitrogens is 4. The van der Waals surface area contributed by atoms with Crippen LogP contribution in [0.15, 0.2) is 49.1 Å². The number of hydrogen-bond acceptors (Lipinski definition) is 5. The van der Waals surface area contributed by atoms with Crippen molar-refractivity contribution in [2.75, 3.05) is 31.1 Å². The molecule has 4 aromatic heterocycles. The number of H-pyrrole nitrogens is 1. The minimum absolute atomic E-state index is 0.496. The number of rotatable bonds is 2. The first kappa shape index (κ1) is 16.5. The van der Waals surface area contributed by atoms with Crippen LogP contribution in [0.25, 0.3) is 33.2 Å². The molecule has 5 rings (SSSR count). The molecule has 5 heterocycles. The molecule has 8 heteroatoms. The van der Waals surface area contributed by atoms with Crippen molar-refractivity contribution in [3.8, 4) is 11.3 Å². The van der Waals surface area contributed by atoms with E-state index in [1.54, 1.807) is 12.4 Å². The van der Waals surface area contributed by atoms with E-state index in [1.807, 2.05) is 24.5 Å². The minimum atomic E-state index is -0.861. The lowest BCUT2D eigenvalue weighted by molar-refractivity contribution is 0.142. The monoisotopic (exact) mass is 374 g/mol. The molecule has 1 fully saturated rings. The summed E-state index contributed by atoms with van der Waals surface area (Å²) in [6, 6.07) is 8.05. The Morgan fingerprint density at radius 3 is 2.64 bits per heavy atom. The van der Waals surface area contributed by atoms with Crippen LogP contribution in [-0.4, -0.2) is 62.2 Å². The van der Waals surface area contributed by atoms with Gasteiger partial charge in [-0.25, -0.2) is 9.78 Å². The van der Waals surface area contributed by atoms with E-state index >= 15 is 0 Å². The second kappa shape index (κ2) is 6.49. The largest absolute Gasteiger partial charge is 0.465 e. The first-order valence-corrected chi connectivity index (χ1v) is 9.10. The first-order valence-electron chi connectivity index (χ1n) is 9.10. The number of fused-ring (bicyclic) bond motifs is 3. The number of nitrogens with zero attached hydrogens (tertiary/aromatic N) is 5. The van der Waals surface area contributed by atoms with E-state index in [9.17, 15) is 4.79 Å². The third kappa shape index (κ3) is 2.79. The molecule has 0 radical (unpaired) electrons. The lowest BCUT2D eigenvalue weighted by Gasteiger charge is -2.34. The van der Waals surface area contributed by atoms with Crippen LogP contribution in [0.5, 0.6) is 0 Å². The van der Waals surface area contributed by atoms with Crippen LogP contribution in [-0.2, 0) is 0 Å². The minimum Gasteiger partial charge on any atom is -0.465 e. The third-order valence-corrected chi connectivity index (χ3v) is 5.19. The molecule has 1 saturated heterocycles. The average molecular weight is 374 g/mol. The molecule has 0 unspecified atom stereocenters. The number of carboxylic acid groups (broad SMARTS) is 1. The van der Waals surface area contributed by atoms with E-state index in [0.717, 1.165) is 38.9 Å². The molecule has 1 aliphatic rings. The van der Waals surface area contributed by atoms with Crippen LogP contribution in [0.4, 0.5) is 10.5 Å². The van der Waals surface area contributed by atoms with Crippen LogP contribution >= 0.6 is 0 Å². The van der Waals surface area contributed by atoms with Gasteiger partial charge in [0.05, 0.1) is 29.3 Å². The number of nitrogens with one attached hydrogen (secondary N) is 1. The molecule has 0 saturated carbocycles. The second-order valence-corrected chi connectivity index (χ2v) is 6.83. The van der Waals surface area contributed by atoms with Gasteiger partial charge >= 0.3 is 6.09 Å². The molecular weight excluding hydrogens is 356 g/mol. The van der Waals surface area contributed by atoms with E-state index in [0.29, 0.717) is 26.2 Å². The number of pyridine rings is 3. The summed E-state index contributed by atoms with van der Waals surface area (Å²) in [5.74, 6) is 0. The topological polar surface area (TPSA) is 98.2 Å². The molecular formula is C20H18N6O2. The molecule has 8 nitrogen and oxygen atoms in total. The Labute approximate surface area is 160 Å². The Bertz CT molecular complexity index is 1170. The lowest BCUT2D eigenvalue weighted by atomic mass is 10.1. The number of piperazine rings is 1. The summed E-state index contributed by atoms with van der Waals surface area (Å²) in [5.41, 5.74) is 4.57. The predicted octanol–water partition coefficient (Wildman–Crippen LogP) is 2.97. The van der Waals surface area contributed by atoms with Gasteiger partial charge < -0.3 is 19.9 Å². The van der Waals surface area contributed by atoms with Gasteiger partial charge in [0.25, 0.3) is 0 Å². The van der Waals surface area contributed by atoms with E-state index in [1.165, 1.54) is 4.90 Å². The van der Waals surface area contributed by atoms with Gasteiger partial charge in [-0.15, -0.1) is 0 Å². The smallest absolute Gasteiger partial charge is 0.407 e. The van der Waals surface area contributed by atoms with Gasteiger partial charge in [0.2, 0.25) is 0 Å². The number of amides is 1. The lowest BCUT2D eigenvalue weighted by Crippen LogP contribution is -2.48. The number of hydrogen-bond donors (Lipinski definition) is 2. The molecule has 28 heavy (non-hydrogen) atoms. The van der Waals surface area contributed by atoms with E-state index < -0.39 is 6.09 Å². The number of carbonyl (C=O) groups is 1. The SMILES string of the molecule is O=C(O)N1CCN(c2cnc3[nH]c4cnc(-c5cccnc5)cc4c3c2)CC1. The first-order chi connectivity index (χ1) is 13.7. The summed E-state index contributed by atoms with van der Waals surface area (Å²) in [5, 5.41) is 11.2. The highest BCUT2D eigenvalue weighted by atomic mass is 16.4. The fourth-order valence-electron chi connectivity index (χ4n) is 3.67. The van der Waals surface area contributed by atoms with Gasteiger partial charge in [0, 0.05) is 54.9 Å². The molecule has 2 N–H and O–H groups in total. The van der Waals surface area contributed by atoms with Crippen molar-refractivity contribution in [1.82, 2.24) is 24.8 Å². The molecule has 0 bridgehead atoms. The maximum Gasteiger partial charge on any atom is 0.407 e. The van der Waals surface area contributed by atoms with Crippen molar-refractivity contribution in [2.24, 2.45) is 0 Å². The Balaban J connectivity index is 1.53. The molecule has 0 aliphatic carbocycles. The summed E-state index contributed by atoms with van der Waals surface area (Å²) < 4.78 is 0. The van der Waals surface area contributed by atoms with Gasteiger partial charge in [0.1, 0.15) is 5.65 Å². The van der Waals surface area contributed by atoms with E-state index in [4.69, 9.17) is 5.11 Å². The summed E-state index contributed by atoms with van der Waals surface area (Å²) in [6.07, 6.45) is 6.34. The maximum atomic E-state index is 11.1. The Kier molecular flexibility index (Phi) is 3.82. The van der Waals surface area contributed by atoms with E-state index in [2.05, 4.69) is 37.0 Å². The van der Waals surface area contributed by atoms with Crippen molar-refractivity contribution in [1.29, 1.82) is 0 Å². The second-order valence-electron chi connectivity index (χ2n) is 6.83. The molecule has 140 valence electrons. The van der Waals surface area contributed by atoms with Crippen LogP contribution in [0, 0.1) is 0 Å². The Morgan fingerprint density at radius 1 is 1.04 bits per heavy atom. The Morgan fingerprint density at radius 2 is 1.89 bits per heavy atom. The highest BCUT2D eigenvalue weighted by Gasteiger charge is 2.21. The number of aromatic amines is 1. The zero-order valence-corrected chi connectivity index (χ0v) is 15.0. The quantitative estimate of drug-likeness (QED) is 0.560. The van der Waals surface area contributed by atoms with Crippen LogP contribution in [0.3, 0.4) is 0 Å². The Hall–Kier alpha value is -3.68. The summed E-state index contributed by atoms with van der Waals surface area (Å²) in [4.78, 5) is 31.3.